The summed E-state index contributed by atoms with van der Waals surface area (Å²) in [5.74, 6) is 0. The van der Waals surface area contributed by atoms with Crippen molar-refractivity contribution in [3.05, 3.63) is 29.3 Å². The summed E-state index contributed by atoms with van der Waals surface area (Å²) in [5.41, 5.74) is 8.30. The zero-order valence-electron chi connectivity index (χ0n) is 10.7. The molecule has 1 rings (SSSR count). The molecule has 3 nitrogen and oxygen atoms in total. The van der Waals surface area contributed by atoms with Crippen molar-refractivity contribution in [3.63, 3.8) is 0 Å². The Kier molecular flexibility index (Phi) is 5.51. The van der Waals surface area contributed by atoms with Crippen molar-refractivity contribution in [1.29, 1.82) is 5.26 Å². The molecule has 3 heteroatoms. The van der Waals surface area contributed by atoms with Gasteiger partial charge in [0.1, 0.15) is 6.07 Å². The number of nitrogens with zero attached hydrogens (tertiary/aromatic N) is 2. The van der Waals surface area contributed by atoms with Crippen LogP contribution in [-0.2, 0) is 6.54 Å². The molecular weight excluding hydrogens is 210 g/mol. The van der Waals surface area contributed by atoms with Crippen molar-refractivity contribution in [1.82, 2.24) is 0 Å². The molecule has 92 valence electrons. The first-order valence-electron chi connectivity index (χ1n) is 6.17. The minimum atomic E-state index is 0.481. The molecule has 2 N–H and O–H groups in total. The molecule has 0 atom stereocenters. The zero-order chi connectivity index (χ0) is 12.7. The highest BCUT2D eigenvalue weighted by atomic mass is 15.1. The van der Waals surface area contributed by atoms with Crippen molar-refractivity contribution in [2.45, 2.75) is 32.7 Å². The molecule has 0 aliphatic rings. The fraction of sp³-hybridized carbons (Fsp3) is 0.500. The average Bonchev–Trinajstić information content (AvgIpc) is 2.38. The number of nitrogens with two attached hydrogens (primary N) is 1. The van der Waals surface area contributed by atoms with Gasteiger partial charge in [-0.25, -0.2) is 0 Å². The molecule has 1 aromatic rings. The Labute approximate surface area is 104 Å². The van der Waals surface area contributed by atoms with Gasteiger partial charge in [0.15, 0.2) is 0 Å². The first kappa shape index (κ1) is 13.5. The molecule has 1 aromatic carbocycles. The number of hydrogen-bond acceptors (Lipinski definition) is 3. The summed E-state index contributed by atoms with van der Waals surface area (Å²) in [7, 11) is 2.04. The quantitative estimate of drug-likeness (QED) is 0.766. The monoisotopic (exact) mass is 231 g/mol. The first-order valence-corrected chi connectivity index (χ1v) is 6.17. The lowest BCUT2D eigenvalue weighted by Gasteiger charge is -2.20. The van der Waals surface area contributed by atoms with Crippen LogP contribution in [0.25, 0.3) is 0 Å². The highest BCUT2D eigenvalue weighted by Gasteiger charge is 2.07. The van der Waals surface area contributed by atoms with E-state index in [2.05, 4.69) is 17.9 Å². The lowest BCUT2D eigenvalue weighted by atomic mass is 10.1. The molecule has 0 unspecified atom stereocenters. The van der Waals surface area contributed by atoms with Gasteiger partial charge in [-0.3, -0.25) is 0 Å². The van der Waals surface area contributed by atoms with E-state index < -0.39 is 0 Å². The molecule has 0 radical (unpaired) electrons. The standard InChI is InChI=1S/C14H21N3/c1-3-4-5-8-17(2)14-7-6-12(10-15)9-13(14)11-16/h6-7,9H,3-5,8,10,15H2,1-2H3. The summed E-state index contributed by atoms with van der Waals surface area (Å²) in [6.45, 7) is 3.66. The normalized spacial score (nSPS) is 10.0. The van der Waals surface area contributed by atoms with E-state index in [4.69, 9.17) is 11.0 Å². The smallest absolute Gasteiger partial charge is 0.101 e. The van der Waals surface area contributed by atoms with Crippen LogP contribution in [0.4, 0.5) is 5.69 Å². The number of unbranched alkanes of at least 4 members (excludes halogenated alkanes) is 2. The highest BCUT2D eigenvalue weighted by Crippen LogP contribution is 2.20. The highest BCUT2D eigenvalue weighted by molar-refractivity contribution is 5.60. The van der Waals surface area contributed by atoms with Gasteiger partial charge in [-0.2, -0.15) is 5.26 Å². The fourth-order valence-electron chi connectivity index (χ4n) is 1.85. The predicted octanol–water partition coefficient (Wildman–Crippen LogP) is 2.64. The summed E-state index contributed by atoms with van der Waals surface area (Å²) < 4.78 is 0. The molecule has 0 saturated carbocycles. The van der Waals surface area contributed by atoms with Crippen molar-refractivity contribution < 1.29 is 0 Å². The van der Waals surface area contributed by atoms with E-state index >= 15 is 0 Å². The maximum absolute atomic E-state index is 9.14. The Morgan fingerprint density at radius 2 is 2.12 bits per heavy atom. The molecule has 0 saturated heterocycles. The second-order valence-corrected chi connectivity index (χ2v) is 4.30. The van der Waals surface area contributed by atoms with Crippen LogP contribution in [0.15, 0.2) is 18.2 Å². The molecule has 0 heterocycles. The van der Waals surface area contributed by atoms with Gasteiger partial charge < -0.3 is 10.6 Å². The van der Waals surface area contributed by atoms with Crippen LogP contribution in [0.1, 0.15) is 37.3 Å². The Bertz CT molecular complexity index is 393. The molecule has 0 spiro atoms. The van der Waals surface area contributed by atoms with Gasteiger partial charge in [0, 0.05) is 20.1 Å². The molecule has 0 aliphatic heterocycles. The zero-order valence-corrected chi connectivity index (χ0v) is 10.7. The van der Waals surface area contributed by atoms with Crippen molar-refractivity contribution in [2.75, 3.05) is 18.5 Å². The summed E-state index contributed by atoms with van der Waals surface area (Å²) >= 11 is 0. The molecule has 17 heavy (non-hydrogen) atoms. The number of rotatable bonds is 6. The van der Waals surface area contributed by atoms with Crippen molar-refractivity contribution in [3.8, 4) is 6.07 Å². The summed E-state index contributed by atoms with van der Waals surface area (Å²) in [6, 6.07) is 8.11. The molecular formula is C14H21N3. The average molecular weight is 231 g/mol. The van der Waals surface area contributed by atoms with Crippen LogP contribution in [0.5, 0.6) is 0 Å². The second kappa shape index (κ2) is 6.93. The van der Waals surface area contributed by atoms with Gasteiger partial charge in [-0.1, -0.05) is 25.8 Å². The topological polar surface area (TPSA) is 53.0 Å². The molecule has 0 bridgehead atoms. The first-order chi connectivity index (χ1) is 8.22. The number of hydrogen-bond donors (Lipinski definition) is 1. The van der Waals surface area contributed by atoms with E-state index in [1.165, 1.54) is 12.8 Å². The molecule has 0 aliphatic carbocycles. The second-order valence-electron chi connectivity index (χ2n) is 4.30. The lowest BCUT2D eigenvalue weighted by Crippen LogP contribution is -2.19. The Hall–Kier alpha value is -1.53. The van der Waals surface area contributed by atoms with Gasteiger partial charge in [-0.15, -0.1) is 0 Å². The predicted molar refractivity (Wildman–Crippen MR) is 71.8 cm³/mol. The van der Waals surface area contributed by atoms with Crippen LogP contribution in [0, 0.1) is 11.3 Å². The van der Waals surface area contributed by atoms with Gasteiger partial charge in [0.05, 0.1) is 11.3 Å². The van der Waals surface area contributed by atoms with Crippen molar-refractivity contribution in [2.24, 2.45) is 5.73 Å². The van der Waals surface area contributed by atoms with Gasteiger partial charge >= 0.3 is 0 Å². The van der Waals surface area contributed by atoms with E-state index in [0.29, 0.717) is 12.1 Å². The van der Waals surface area contributed by atoms with Crippen molar-refractivity contribution >= 4 is 5.69 Å². The number of benzene rings is 1. The van der Waals surface area contributed by atoms with Crippen LogP contribution in [0.2, 0.25) is 0 Å². The Balaban J connectivity index is 2.79. The molecule has 0 amide bonds. The summed E-state index contributed by atoms with van der Waals surface area (Å²) in [6.07, 6.45) is 3.61. The number of nitriles is 1. The van der Waals surface area contributed by atoms with Gasteiger partial charge in [0.2, 0.25) is 0 Å². The van der Waals surface area contributed by atoms with Crippen LogP contribution in [0.3, 0.4) is 0 Å². The van der Waals surface area contributed by atoms with Crippen LogP contribution < -0.4 is 10.6 Å². The Morgan fingerprint density at radius 1 is 1.35 bits per heavy atom. The minimum Gasteiger partial charge on any atom is -0.374 e. The minimum absolute atomic E-state index is 0.481. The van der Waals surface area contributed by atoms with E-state index in [1.807, 2.05) is 25.2 Å². The van der Waals surface area contributed by atoms with E-state index in [-0.39, 0.29) is 0 Å². The SMILES string of the molecule is CCCCCN(C)c1ccc(CN)cc1C#N. The Morgan fingerprint density at radius 3 is 2.71 bits per heavy atom. The third-order valence-corrected chi connectivity index (χ3v) is 2.93. The van der Waals surface area contributed by atoms with Gasteiger partial charge in [-0.05, 0) is 24.1 Å². The van der Waals surface area contributed by atoms with E-state index in [0.717, 1.165) is 24.2 Å². The summed E-state index contributed by atoms with van der Waals surface area (Å²) in [4.78, 5) is 2.15. The van der Waals surface area contributed by atoms with Gasteiger partial charge in [0.25, 0.3) is 0 Å². The molecule has 0 aromatic heterocycles. The third kappa shape index (κ3) is 3.76. The van der Waals surface area contributed by atoms with E-state index in [1.54, 1.807) is 0 Å². The maximum atomic E-state index is 9.14. The lowest BCUT2D eigenvalue weighted by molar-refractivity contribution is 0.705. The fourth-order valence-corrected chi connectivity index (χ4v) is 1.85. The molecule has 0 fully saturated rings. The largest absolute Gasteiger partial charge is 0.374 e. The third-order valence-electron chi connectivity index (χ3n) is 2.93. The van der Waals surface area contributed by atoms with Crippen LogP contribution >= 0.6 is 0 Å². The van der Waals surface area contributed by atoms with Crippen LogP contribution in [-0.4, -0.2) is 13.6 Å². The maximum Gasteiger partial charge on any atom is 0.101 e. The summed E-state index contributed by atoms with van der Waals surface area (Å²) in [5, 5.41) is 9.14. The van der Waals surface area contributed by atoms with E-state index in [9.17, 15) is 0 Å². The number of anilines is 1.